The van der Waals surface area contributed by atoms with Crippen molar-refractivity contribution in [2.75, 3.05) is 0 Å². The Labute approximate surface area is 106 Å². The molecular formula is C14H16N2O2. The summed E-state index contributed by atoms with van der Waals surface area (Å²) in [7, 11) is 0. The zero-order valence-corrected chi connectivity index (χ0v) is 10.7. The Morgan fingerprint density at radius 2 is 1.89 bits per heavy atom. The molecule has 18 heavy (non-hydrogen) atoms. The molecule has 4 nitrogen and oxygen atoms in total. The number of rotatable bonds is 3. The third kappa shape index (κ3) is 2.01. The summed E-state index contributed by atoms with van der Waals surface area (Å²) in [5.41, 5.74) is 0.785. The molecule has 1 aromatic heterocycles. The van der Waals surface area contributed by atoms with Gasteiger partial charge in [-0.2, -0.15) is 0 Å². The lowest BCUT2D eigenvalue weighted by molar-refractivity contribution is -0.145. The first-order valence-corrected chi connectivity index (χ1v) is 5.78. The van der Waals surface area contributed by atoms with Gasteiger partial charge in [0.25, 0.3) is 0 Å². The van der Waals surface area contributed by atoms with E-state index in [4.69, 9.17) is 0 Å². The molecule has 4 heteroatoms. The number of hydrogen-bond acceptors (Lipinski definition) is 2. The first kappa shape index (κ1) is 12.4. The standard InChI is InChI=1S/C14H16N2O2/c1-10-15-12(11-7-5-4-6-8-11)9-16(10)14(2,3)13(17)18/h4-9H,1-3H3,(H,17,18). The average Bonchev–Trinajstić information content (AvgIpc) is 2.73. The topological polar surface area (TPSA) is 55.1 Å². The molecule has 0 fully saturated rings. The largest absolute Gasteiger partial charge is 0.480 e. The van der Waals surface area contributed by atoms with Crippen molar-refractivity contribution in [2.45, 2.75) is 26.3 Å². The Morgan fingerprint density at radius 3 is 2.44 bits per heavy atom. The Morgan fingerprint density at radius 1 is 1.28 bits per heavy atom. The lowest BCUT2D eigenvalue weighted by atomic mass is 10.1. The fourth-order valence-electron chi connectivity index (χ4n) is 1.89. The molecule has 2 rings (SSSR count). The lowest BCUT2D eigenvalue weighted by Crippen LogP contribution is -2.35. The van der Waals surface area contributed by atoms with Gasteiger partial charge in [-0.05, 0) is 20.8 Å². The molecule has 0 saturated heterocycles. The van der Waals surface area contributed by atoms with Gasteiger partial charge in [0.05, 0.1) is 5.69 Å². The number of nitrogens with zero attached hydrogens (tertiary/aromatic N) is 2. The van der Waals surface area contributed by atoms with Crippen molar-refractivity contribution < 1.29 is 9.90 Å². The molecular weight excluding hydrogens is 228 g/mol. The second-order valence-corrected chi connectivity index (χ2v) is 4.77. The van der Waals surface area contributed by atoms with Gasteiger partial charge in [-0.15, -0.1) is 0 Å². The van der Waals surface area contributed by atoms with E-state index in [2.05, 4.69) is 4.98 Å². The van der Waals surface area contributed by atoms with E-state index in [1.165, 1.54) is 0 Å². The van der Waals surface area contributed by atoms with Crippen molar-refractivity contribution in [3.8, 4) is 11.3 Å². The summed E-state index contributed by atoms with van der Waals surface area (Å²) >= 11 is 0. The lowest BCUT2D eigenvalue weighted by Gasteiger charge is -2.22. The van der Waals surface area contributed by atoms with E-state index in [9.17, 15) is 9.90 Å². The highest BCUT2D eigenvalue weighted by atomic mass is 16.4. The van der Waals surface area contributed by atoms with E-state index in [-0.39, 0.29) is 0 Å². The van der Waals surface area contributed by atoms with Crippen LogP contribution >= 0.6 is 0 Å². The second-order valence-electron chi connectivity index (χ2n) is 4.77. The van der Waals surface area contributed by atoms with E-state index >= 15 is 0 Å². The van der Waals surface area contributed by atoms with Crippen LogP contribution in [0.1, 0.15) is 19.7 Å². The maximum atomic E-state index is 11.3. The van der Waals surface area contributed by atoms with Gasteiger partial charge < -0.3 is 9.67 Å². The second kappa shape index (κ2) is 4.29. The van der Waals surface area contributed by atoms with E-state index in [0.29, 0.717) is 5.82 Å². The minimum atomic E-state index is -0.996. The smallest absolute Gasteiger partial charge is 0.329 e. The summed E-state index contributed by atoms with van der Waals surface area (Å²) in [5, 5.41) is 9.25. The van der Waals surface area contributed by atoms with Gasteiger partial charge in [0.15, 0.2) is 0 Å². The van der Waals surface area contributed by atoms with Gasteiger partial charge in [0.2, 0.25) is 0 Å². The van der Waals surface area contributed by atoms with Crippen LogP contribution in [-0.4, -0.2) is 20.6 Å². The van der Waals surface area contributed by atoms with Crippen LogP contribution in [0.25, 0.3) is 11.3 Å². The van der Waals surface area contributed by atoms with E-state index in [1.54, 1.807) is 24.6 Å². The molecule has 1 aromatic carbocycles. The number of carboxylic acids is 1. The SMILES string of the molecule is Cc1nc(-c2ccccc2)cn1C(C)(C)C(=O)O. The summed E-state index contributed by atoms with van der Waals surface area (Å²) in [4.78, 5) is 15.7. The summed E-state index contributed by atoms with van der Waals surface area (Å²) in [6, 6.07) is 9.73. The molecule has 0 amide bonds. The van der Waals surface area contributed by atoms with Crippen molar-refractivity contribution in [3.05, 3.63) is 42.4 Å². The zero-order chi connectivity index (χ0) is 13.3. The van der Waals surface area contributed by atoms with Crippen LogP contribution in [0.15, 0.2) is 36.5 Å². The number of carbonyl (C=O) groups is 1. The molecule has 0 aliphatic heterocycles. The normalized spacial score (nSPS) is 11.5. The van der Waals surface area contributed by atoms with Crippen LogP contribution < -0.4 is 0 Å². The minimum Gasteiger partial charge on any atom is -0.480 e. The summed E-state index contributed by atoms with van der Waals surface area (Å²) < 4.78 is 1.69. The average molecular weight is 244 g/mol. The van der Waals surface area contributed by atoms with Crippen molar-refractivity contribution in [3.63, 3.8) is 0 Å². The number of aromatic nitrogens is 2. The van der Waals surface area contributed by atoms with E-state index < -0.39 is 11.5 Å². The van der Waals surface area contributed by atoms with Gasteiger partial charge in [0, 0.05) is 11.8 Å². The van der Waals surface area contributed by atoms with Crippen molar-refractivity contribution in [1.29, 1.82) is 0 Å². The van der Waals surface area contributed by atoms with Gasteiger partial charge in [-0.25, -0.2) is 9.78 Å². The molecule has 1 N–H and O–H groups in total. The first-order valence-electron chi connectivity index (χ1n) is 5.78. The Hall–Kier alpha value is -2.10. The monoisotopic (exact) mass is 244 g/mol. The number of hydrogen-bond donors (Lipinski definition) is 1. The predicted molar refractivity (Wildman–Crippen MR) is 69.4 cm³/mol. The maximum absolute atomic E-state index is 11.3. The van der Waals surface area contributed by atoms with Crippen molar-refractivity contribution in [1.82, 2.24) is 9.55 Å². The third-order valence-corrected chi connectivity index (χ3v) is 3.08. The molecule has 0 aliphatic carbocycles. The predicted octanol–water partition coefficient (Wildman–Crippen LogP) is 2.68. The Balaban J connectivity index is 2.49. The molecule has 0 saturated carbocycles. The Kier molecular flexibility index (Phi) is 2.95. The van der Waals surface area contributed by atoms with Crippen molar-refractivity contribution in [2.24, 2.45) is 0 Å². The molecule has 0 spiro atoms. The summed E-state index contributed by atoms with van der Waals surface area (Å²) in [6.07, 6.45) is 1.79. The highest BCUT2D eigenvalue weighted by Crippen LogP contribution is 2.24. The van der Waals surface area contributed by atoms with Crippen LogP contribution in [0, 0.1) is 6.92 Å². The van der Waals surface area contributed by atoms with Crippen molar-refractivity contribution >= 4 is 5.97 Å². The molecule has 0 atom stereocenters. The summed E-state index contributed by atoms with van der Waals surface area (Å²) in [6.45, 7) is 5.15. The molecule has 2 aromatic rings. The number of benzene rings is 1. The van der Waals surface area contributed by atoms with Gasteiger partial charge in [-0.3, -0.25) is 0 Å². The fourth-order valence-corrected chi connectivity index (χ4v) is 1.89. The molecule has 0 bridgehead atoms. The van der Waals surface area contributed by atoms with E-state index in [1.807, 2.05) is 37.3 Å². The van der Waals surface area contributed by atoms with Crippen LogP contribution in [0.2, 0.25) is 0 Å². The number of aryl methyl sites for hydroxylation is 1. The number of imidazole rings is 1. The third-order valence-electron chi connectivity index (χ3n) is 3.08. The highest BCUT2D eigenvalue weighted by Gasteiger charge is 2.31. The van der Waals surface area contributed by atoms with Crippen LogP contribution in [0.5, 0.6) is 0 Å². The Bertz CT molecular complexity index is 571. The first-order chi connectivity index (χ1) is 8.43. The van der Waals surface area contributed by atoms with Crippen LogP contribution in [0.3, 0.4) is 0 Å². The van der Waals surface area contributed by atoms with Gasteiger partial charge in [-0.1, -0.05) is 30.3 Å². The molecule has 94 valence electrons. The molecule has 0 unspecified atom stereocenters. The van der Waals surface area contributed by atoms with Gasteiger partial charge >= 0.3 is 5.97 Å². The summed E-state index contributed by atoms with van der Waals surface area (Å²) in [5.74, 6) is -0.177. The molecule has 0 aliphatic rings. The molecule has 1 heterocycles. The highest BCUT2D eigenvalue weighted by molar-refractivity contribution is 5.76. The maximum Gasteiger partial charge on any atom is 0.329 e. The van der Waals surface area contributed by atoms with Gasteiger partial charge in [0.1, 0.15) is 11.4 Å². The molecule has 0 radical (unpaired) electrons. The number of carboxylic acid groups (broad SMARTS) is 1. The van der Waals surface area contributed by atoms with Crippen LogP contribution in [-0.2, 0) is 10.3 Å². The minimum absolute atomic E-state index is 0.696. The zero-order valence-electron chi connectivity index (χ0n) is 10.7. The number of aliphatic carboxylic acids is 1. The van der Waals surface area contributed by atoms with Crippen LogP contribution in [0.4, 0.5) is 0 Å². The fraction of sp³-hybridized carbons (Fsp3) is 0.286. The quantitative estimate of drug-likeness (QED) is 0.903. The van der Waals surface area contributed by atoms with E-state index in [0.717, 1.165) is 11.3 Å².